The summed E-state index contributed by atoms with van der Waals surface area (Å²) in [6.45, 7) is 3.62. The molecule has 0 bridgehead atoms. The quantitative estimate of drug-likeness (QED) is 0.867. The van der Waals surface area contributed by atoms with Gasteiger partial charge >= 0.3 is 0 Å². The van der Waals surface area contributed by atoms with E-state index in [4.69, 9.17) is 4.74 Å². The number of anilines is 2. The zero-order valence-corrected chi connectivity index (χ0v) is 12.9. The number of ether oxygens (including phenoxy) is 1. The molecule has 19 heavy (non-hydrogen) atoms. The molecule has 0 aliphatic heterocycles. The van der Waals surface area contributed by atoms with Crippen LogP contribution in [0, 0.1) is 6.92 Å². The zero-order chi connectivity index (χ0) is 14.6. The van der Waals surface area contributed by atoms with Gasteiger partial charge in [-0.1, -0.05) is 6.07 Å². The lowest BCUT2D eigenvalue weighted by atomic mass is 10.1. The number of rotatable bonds is 6. The first kappa shape index (κ1) is 15.8. The topological polar surface area (TPSA) is 58.6 Å². The minimum Gasteiger partial charge on any atom is -0.381 e. The van der Waals surface area contributed by atoms with Gasteiger partial charge in [0.1, 0.15) is 0 Å². The number of nitrogens with zero attached hydrogens (tertiary/aromatic N) is 1. The number of nitrogens with one attached hydrogen (secondary N) is 1. The molecule has 0 fully saturated rings. The highest BCUT2D eigenvalue weighted by atomic mass is 32.2. The summed E-state index contributed by atoms with van der Waals surface area (Å²) in [6.07, 6.45) is -0.338. The molecular weight excluding hydrogens is 264 g/mol. The third-order valence-electron chi connectivity index (χ3n) is 2.91. The minimum atomic E-state index is -3.40. The van der Waals surface area contributed by atoms with E-state index in [1.807, 2.05) is 38.1 Å². The lowest BCUT2D eigenvalue weighted by molar-refractivity contribution is 0.136. The van der Waals surface area contributed by atoms with Crippen LogP contribution >= 0.6 is 0 Å². The summed E-state index contributed by atoms with van der Waals surface area (Å²) in [5.41, 5.74) is 2.50. The molecule has 0 heterocycles. The second kappa shape index (κ2) is 6.25. The van der Waals surface area contributed by atoms with Crippen LogP contribution in [0.1, 0.15) is 12.5 Å². The standard InChI is InChI=1S/C13H22N2O3S/c1-10(18-5)9-19(16,17)14-12-7-6-8-13(11(12)2)15(3)4/h6-8,10,14H,9H2,1-5H3. The first-order valence-corrected chi connectivity index (χ1v) is 7.72. The van der Waals surface area contributed by atoms with E-state index in [0.717, 1.165) is 11.3 Å². The molecule has 108 valence electrons. The van der Waals surface area contributed by atoms with Gasteiger partial charge in [0.25, 0.3) is 0 Å². The van der Waals surface area contributed by atoms with Crippen molar-refractivity contribution in [2.45, 2.75) is 20.0 Å². The minimum absolute atomic E-state index is 0.0604. The van der Waals surface area contributed by atoms with Gasteiger partial charge in [-0.25, -0.2) is 8.42 Å². The lowest BCUT2D eigenvalue weighted by Crippen LogP contribution is -2.26. The van der Waals surface area contributed by atoms with Crippen LogP contribution in [0.5, 0.6) is 0 Å². The van der Waals surface area contributed by atoms with E-state index in [1.165, 1.54) is 7.11 Å². The summed E-state index contributed by atoms with van der Waals surface area (Å²) in [6, 6.07) is 5.54. The van der Waals surface area contributed by atoms with Crippen LogP contribution in [0.3, 0.4) is 0 Å². The van der Waals surface area contributed by atoms with Crippen molar-refractivity contribution < 1.29 is 13.2 Å². The highest BCUT2D eigenvalue weighted by Crippen LogP contribution is 2.26. The third kappa shape index (κ3) is 4.40. The molecule has 0 saturated carbocycles. The van der Waals surface area contributed by atoms with E-state index in [9.17, 15) is 8.42 Å². The van der Waals surface area contributed by atoms with Crippen molar-refractivity contribution in [2.75, 3.05) is 36.6 Å². The molecule has 0 spiro atoms. The molecule has 1 rings (SSSR count). The molecule has 1 N–H and O–H groups in total. The van der Waals surface area contributed by atoms with Crippen molar-refractivity contribution in [3.05, 3.63) is 23.8 Å². The van der Waals surface area contributed by atoms with Gasteiger partial charge < -0.3 is 9.64 Å². The fourth-order valence-corrected chi connectivity index (χ4v) is 3.20. The Balaban J connectivity index is 2.97. The fraction of sp³-hybridized carbons (Fsp3) is 0.538. The Labute approximate surface area is 115 Å². The Kier molecular flexibility index (Phi) is 5.20. The smallest absolute Gasteiger partial charge is 0.235 e. The second-order valence-corrected chi connectivity index (χ2v) is 6.54. The predicted molar refractivity (Wildman–Crippen MR) is 79.4 cm³/mol. The van der Waals surface area contributed by atoms with Crippen LogP contribution in [0.25, 0.3) is 0 Å². The molecule has 5 nitrogen and oxygen atoms in total. The molecular formula is C13H22N2O3S. The van der Waals surface area contributed by atoms with Gasteiger partial charge in [0.05, 0.1) is 17.5 Å². The second-order valence-electron chi connectivity index (χ2n) is 4.77. The first-order valence-electron chi connectivity index (χ1n) is 6.07. The first-order chi connectivity index (χ1) is 8.76. The molecule has 0 saturated heterocycles. The van der Waals surface area contributed by atoms with E-state index in [1.54, 1.807) is 13.0 Å². The Hall–Kier alpha value is -1.27. The molecule has 6 heteroatoms. The summed E-state index contributed by atoms with van der Waals surface area (Å²) < 4.78 is 31.6. The van der Waals surface area contributed by atoms with Crippen molar-refractivity contribution in [3.63, 3.8) is 0 Å². The summed E-state index contributed by atoms with van der Waals surface area (Å²) in [5.74, 6) is -0.0604. The van der Waals surface area contributed by atoms with Crippen molar-refractivity contribution >= 4 is 21.4 Å². The van der Waals surface area contributed by atoms with Gasteiger partial charge in [0.15, 0.2) is 0 Å². The van der Waals surface area contributed by atoms with E-state index < -0.39 is 10.0 Å². The van der Waals surface area contributed by atoms with Crippen LogP contribution < -0.4 is 9.62 Å². The average molecular weight is 286 g/mol. The Morgan fingerprint density at radius 3 is 2.53 bits per heavy atom. The summed E-state index contributed by atoms with van der Waals surface area (Å²) in [4.78, 5) is 1.95. The maximum Gasteiger partial charge on any atom is 0.235 e. The molecule has 0 aliphatic carbocycles. The largest absolute Gasteiger partial charge is 0.381 e. The molecule has 0 radical (unpaired) electrons. The van der Waals surface area contributed by atoms with E-state index in [2.05, 4.69) is 4.72 Å². The predicted octanol–water partition coefficient (Wildman–Crippen LogP) is 1.84. The van der Waals surface area contributed by atoms with Gasteiger partial charge in [-0.05, 0) is 31.5 Å². The number of benzene rings is 1. The molecule has 1 aromatic rings. The van der Waals surface area contributed by atoms with Crippen LogP contribution in [0.4, 0.5) is 11.4 Å². The molecule has 1 unspecified atom stereocenters. The number of methoxy groups -OCH3 is 1. The Morgan fingerprint density at radius 2 is 2.00 bits per heavy atom. The zero-order valence-electron chi connectivity index (χ0n) is 12.1. The summed E-state index contributed by atoms with van der Waals surface area (Å²) >= 11 is 0. The third-order valence-corrected chi connectivity index (χ3v) is 4.35. The number of sulfonamides is 1. The van der Waals surface area contributed by atoms with E-state index in [-0.39, 0.29) is 11.9 Å². The monoisotopic (exact) mass is 286 g/mol. The highest BCUT2D eigenvalue weighted by Gasteiger charge is 2.17. The van der Waals surface area contributed by atoms with Crippen molar-refractivity contribution in [3.8, 4) is 0 Å². The maximum absolute atomic E-state index is 12.0. The average Bonchev–Trinajstić information content (AvgIpc) is 2.30. The van der Waals surface area contributed by atoms with Crippen molar-refractivity contribution in [2.24, 2.45) is 0 Å². The van der Waals surface area contributed by atoms with Crippen molar-refractivity contribution in [1.29, 1.82) is 0 Å². The van der Waals surface area contributed by atoms with Gasteiger partial charge in [0, 0.05) is 26.9 Å². The molecule has 0 aliphatic rings. The number of hydrogen-bond acceptors (Lipinski definition) is 4. The number of hydrogen-bond donors (Lipinski definition) is 1. The SMILES string of the molecule is COC(C)CS(=O)(=O)Nc1cccc(N(C)C)c1C. The maximum atomic E-state index is 12.0. The van der Waals surface area contributed by atoms with Gasteiger partial charge in [-0.15, -0.1) is 0 Å². The van der Waals surface area contributed by atoms with Crippen LogP contribution in [0.2, 0.25) is 0 Å². The summed E-state index contributed by atoms with van der Waals surface area (Å²) in [7, 11) is 1.94. The van der Waals surface area contributed by atoms with Crippen molar-refractivity contribution in [1.82, 2.24) is 0 Å². The molecule has 0 aromatic heterocycles. The van der Waals surface area contributed by atoms with E-state index >= 15 is 0 Å². The molecule has 0 amide bonds. The molecule has 1 aromatic carbocycles. The van der Waals surface area contributed by atoms with Gasteiger partial charge in [-0.2, -0.15) is 0 Å². The Morgan fingerprint density at radius 1 is 1.37 bits per heavy atom. The molecule has 1 atom stereocenters. The highest BCUT2D eigenvalue weighted by molar-refractivity contribution is 7.92. The normalized spacial score (nSPS) is 13.1. The Bertz CT molecular complexity index is 527. The lowest BCUT2D eigenvalue weighted by Gasteiger charge is -2.19. The van der Waals surface area contributed by atoms with Crippen LogP contribution in [0.15, 0.2) is 18.2 Å². The van der Waals surface area contributed by atoms with Gasteiger partial charge in [0.2, 0.25) is 10.0 Å². The summed E-state index contributed by atoms with van der Waals surface area (Å²) in [5, 5.41) is 0. The van der Waals surface area contributed by atoms with E-state index in [0.29, 0.717) is 5.69 Å². The van der Waals surface area contributed by atoms with Crippen LogP contribution in [-0.2, 0) is 14.8 Å². The fourth-order valence-electron chi connectivity index (χ4n) is 1.80. The van der Waals surface area contributed by atoms with Gasteiger partial charge in [-0.3, -0.25) is 4.72 Å². The van der Waals surface area contributed by atoms with Crippen LogP contribution in [-0.4, -0.2) is 41.5 Å².